The van der Waals surface area contributed by atoms with E-state index in [9.17, 15) is 9.59 Å². The normalized spacial score (nSPS) is 10.5. The van der Waals surface area contributed by atoms with Crippen LogP contribution in [0.3, 0.4) is 0 Å². The first-order chi connectivity index (χ1) is 5.45. The zero-order valence-corrected chi connectivity index (χ0v) is 8.18. The van der Waals surface area contributed by atoms with Crippen molar-refractivity contribution in [3.05, 3.63) is 0 Å². The van der Waals surface area contributed by atoms with Crippen LogP contribution >= 0.6 is 0 Å². The van der Waals surface area contributed by atoms with Crippen molar-refractivity contribution >= 4 is 11.7 Å². The Balaban J connectivity index is 3.69. The van der Waals surface area contributed by atoms with Crippen LogP contribution < -0.4 is 5.32 Å². The van der Waals surface area contributed by atoms with Crippen LogP contribution in [-0.4, -0.2) is 18.2 Å². The molecule has 0 heterocycles. The van der Waals surface area contributed by atoms with Gasteiger partial charge < -0.3 is 5.32 Å². The molecule has 0 radical (unpaired) electrons. The van der Waals surface area contributed by atoms with E-state index in [1.165, 1.54) is 0 Å². The Morgan fingerprint density at radius 1 is 1.08 bits per heavy atom. The van der Waals surface area contributed by atoms with E-state index in [1.807, 2.05) is 13.8 Å². The molecule has 1 amide bonds. The van der Waals surface area contributed by atoms with E-state index in [-0.39, 0.29) is 30.1 Å². The standard InChI is InChI=1S/C9H17NO2/c1-6(2)8(11)5-10-9(12)7(3)4/h6-7H,5H2,1-4H3,(H,10,12). The summed E-state index contributed by atoms with van der Waals surface area (Å²) in [7, 11) is 0. The lowest BCUT2D eigenvalue weighted by Crippen LogP contribution is -2.34. The molecule has 12 heavy (non-hydrogen) atoms. The van der Waals surface area contributed by atoms with Gasteiger partial charge in [0.1, 0.15) is 0 Å². The summed E-state index contributed by atoms with van der Waals surface area (Å²) in [6.07, 6.45) is 0. The van der Waals surface area contributed by atoms with E-state index in [0.717, 1.165) is 0 Å². The van der Waals surface area contributed by atoms with Crippen LogP contribution in [0.15, 0.2) is 0 Å². The van der Waals surface area contributed by atoms with E-state index in [2.05, 4.69) is 5.32 Å². The highest BCUT2D eigenvalue weighted by molar-refractivity contribution is 5.87. The van der Waals surface area contributed by atoms with Crippen LogP contribution in [0.25, 0.3) is 0 Å². The lowest BCUT2D eigenvalue weighted by molar-refractivity contribution is -0.128. The van der Waals surface area contributed by atoms with Gasteiger partial charge in [-0.3, -0.25) is 9.59 Å². The number of Topliss-reactive ketones (excluding diaryl/α,β-unsaturated/α-hetero) is 1. The largest absolute Gasteiger partial charge is 0.349 e. The second-order valence-electron chi connectivity index (χ2n) is 3.49. The maximum Gasteiger partial charge on any atom is 0.222 e. The molecule has 0 bridgehead atoms. The molecule has 3 heteroatoms. The Morgan fingerprint density at radius 2 is 1.58 bits per heavy atom. The van der Waals surface area contributed by atoms with E-state index < -0.39 is 0 Å². The average molecular weight is 171 g/mol. The maximum atomic E-state index is 11.1. The van der Waals surface area contributed by atoms with Crippen LogP contribution in [0.4, 0.5) is 0 Å². The van der Waals surface area contributed by atoms with Crippen LogP contribution in [0, 0.1) is 11.8 Å². The van der Waals surface area contributed by atoms with Crippen molar-refractivity contribution in [1.29, 1.82) is 0 Å². The molecule has 0 aromatic rings. The Hall–Kier alpha value is -0.860. The quantitative estimate of drug-likeness (QED) is 0.685. The van der Waals surface area contributed by atoms with E-state index in [4.69, 9.17) is 0 Å². The first-order valence-corrected chi connectivity index (χ1v) is 4.25. The number of ketones is 1. The molecular weight excluding hydrogens is 154 g/mol. The molecule has 0 aromatic carbocycles. The molecule has 0 aliphatic rings. The summed E-state index contributed by atoms with van der Waals surface area (Å²) >= 11 is 0. The van der Waals surface area contributed by atoms with Gasteiger partial charge in [0.2, 0.25) is 5.91 Å². The summed E-state index contributed by atoms with van der Waals surface area (Å²) in [6.45, 7) is 7.41. The van der Waals surface area contributed by atoms with E-state index in [0.29, 0.717) is 0 Å². The Morgan fingerprint density at radius 3 is 1.92 bits per heavy atom. The van der Waals surface area contributed by atoms with Gasteiger partial charge in [-0.1, -0.05) is 27.7 Å². The van der Waals surface area contributed by atoms with Crippen molar-refractivity contribution in [3.8, 4) is 0 Å². The summed E-state index contributed by atoms with van der Waals surface area (Å²) < 4.78 is 0. The van der Waals surface area contributed by atoms with E-state index in [1.54, 1.807) is 13.8 Å². The maximum absolute atomic E-state index is 11.1. The third kappa shape index (κ3) is 4.11. The van der Waals surface area contributed by atoms with Gasteiger partial charge in [-0.25, -0.2) is 0 Å². The number of rotatable bonds is 4. The van der Waals surface area contributed by atoms with Gasteiger partial charge in [0.05, 0.1) is 6.54 Å². The van der Waals surface area contributed by atoms with Gasteiger partial charge in [0.15, 0.2) is 5.78 Å². The molecule has 0 aliphatic carbocycles. The van der Waals surface area contributed by atoms with E-state index >= 15 is 0 Å². The molecule has 70 valence electrons. The zero-order valence-electron chi connectivity index (χ0n) is 8.18. The Bertz CT molecular complexity index is 153. The van der Waals surface area contributed by atoms with Crippen LogP contribution in [0.1, 0.15) is 27.7 Å². The minimum atomic E-state index is -0.0657. The molecule has 3 nitrogen and oxygen atoms in total. The summed E-state index contributed by atoms with van der Waals surface area (Å²) in [4.78, 5) is 22.1. The summed E-state index contributed by atoms with van der Waals surface area (Å²) in [5.74, 6) is -0.0459. The molecule has 0 aliphatic heterocycles. The van der Waals surface area contributed by atoms with Crippen LogP contribution in [-0.2, 0) is 9.59 Å². The van der Waals surface area contributed by atoms with Crippen molar-refractivity contribution in [2.45, 2.75) is 27.7 Å². The second-order valence-corrected chi connectivity index (χ2v) is 3.49. The highest BCUT2D eigenvalue weighted by atomic mass is 16.2. The summed E-state index contributed by atoms with van der Waals surface area (Å²) in [5, 5.41) is 2.57. The minimum Gasteiger partial charge on any atom is -0.349 e. The predicted octanol–water partition coefficient (Wildman–Crippen LogP) is 0.984. The van der Waals surface area contributed by atoms with Crippen LogP contribution in [0.2, 0.25) is 0 Å². The lowest BCUT2D eigenvalue weighted by atomic mass is 10.1. The van der Waals surface area contributed by atoms with Gasteiger partial charge >= 0.3 is 0 Å². The Labute approximate surface area is 73.5 Å². The van der Waals surface area contributed by atoms with Crippen molar-refractivity contribution in [1.82, 2.24) is 5.32 Å². The monoisotopic (exact) mass is 171 g/mol. The summed E-state index contributed by atoms with van der Waals surface area (Å²) in [6, 6.07) is 0. The molecule has 0 spiro atoms. The topological polar surface area (TPSA) is 46.2 Å². The SMILES string of the molecule is CC(C)C(=O)CNC(=O)C(C)C. The van der Waals surface area contributed by atoms with Crippen molar-refractivity contribution in [2.75, 3.05) is 6.54 Å². The van der Waals surface area contributed by atoms with Gasteiger partial charge in [-0.05, 0) is 0 Å². The van der Waals surface area contributed by atoms with Crippen molar-refractivity contribution in [3.63, 3.8) is 0 Å². The third-order valence-electron chi connectivity index (χ3n) is 1.61. The zero-order chi connectivity index (χ0) is 9.72. The average Bonchev–Trinajstić information content (AvgIpc) is 1.98. The number of nitrogens with one attached hydrogen (secondary N) is 1. The van der Waals surface area contributed by atoms with Gasteiger partial charge in [-0.15, -0.1) is 0 Å². The second kappa shape index (κ2) is 4.91. The molecular formula is C9H17NO2. The molecule has 0 rings (SSSR count). The number of hydrogen-bond donors (Lipinski definition) is 1. The Kier molecular flexibility index (Phi) is 4.55. The van der Waals surface area contributed by atoms with Gasteiger partial charge in [-0.2, -0.15) is 0 Å². The number of hydrogen-bond acceptors (Lipinski definition) is 2. The molecule has 0 saturated carbocycles. The number of amides is 1. The first-order valence-electron chi connectivity index (χ1n) is 4.25. The van der Waals surface area contributed by atoms with Gasteiger partial charge in [0, 0.05) is 11.8 Å². The van der Waals surface area contributed by atoms with Crippen molar-refractivity contribution in [2.24, 2.45) is 11.8 Å². The highest BCUT2D eigenvalue weighted by Gasteiger charge is 2.10. The highest BCUT2D eigenvalue weighted by Crippen LogP contribution is 1.94. The first kappa shape index (κ1) is 11.1. The van der Waals surface area contributed by atoms with Crippen molar-refractivity contribution < 1.29 is 9.59 Å². The molecule has 1 N–H and O–H groups in total. The third-order valence-corrected chi connectivity index (χ3v) is 1.61. The minimum absolute atomic E-state index is 0.00235. The molecule has 0 fully saturated rings. The number of carbonyl (C=O) groups is 2. The fourth-order valence-electron chi connectivity index (χ4n) is 0.582. The fraction of sp³-hybridized carbons (Fsp3) is 0.778. The molecule has 0 atom stereocenters. The molecule has 0 saturated heterocycles. The van der Waals surface area contributed by atoms with Gasteiger partial charge in [0.25, 0.3) is 0 Å². The number of carbonyl (C=O) groups excluding carboxylic acids is 2. The smallest absolute Gasteiger partial charge is 0.222 e. The molecule has 0 unspecified atom stereocenters. The lowest BCUT2D eigenvalue weighted by Gasteiger charge is -2.07. The van der Waals surface area contributed by atoms with Crippen LogP contribution in [0.5, 0.6) is 0 Å². The molecule has 0 aromatic heterocycles. The summed E-state index contributed by atoms with van der Waals surface area (Å²) in [5.41, 5.74) is 0. The predicted molar refractivity (Wildman–Crippen MR) is 47.7 cm³/mol. The fourth-order valence-corrected chi connectivity index (χ4v) is 0.582.